The lowest BCUT2D eigenvalue weighted by atomic mass is 10.1. The van der Waals surface area contributed by atoms with E-state index in [0.717, 1.165) is 18.3 Å². The summed E-state index contributed by atoms with van der Waals surface area (Å²) in [6.45, 7) is 0.908. The van der Waals surface area contributed by atoms with Gasteiger partial charge in [0, 0.05) is 85.7 Å². The molecule has 61 heavy (non-hydrogen) atoms. The van der Waals surface area contributed by atoms with Gasteiger partial charge in [-0.15, -0.1) is 0 Å². The van der Waals surface area contributed by atoms with Crippen LogP contribution in [-0.4, -0.2) is 117 Å². The Morgan fingerprint density at radius 3 is 1.30 bits per heavy atom. The Morgan fingerprint density at radius 2 is 0.885 bits per heavy atom. The standard InChI is InChI=1S/C40H48N8O13/c1-23(49)28(42-34(55)25-10-19-44(3)38(59)30(25)51)13-22-48(36(57)27-12-21-46(5)40(61)32(27)53)16-7-6-15-47(35(56)26-11-20-45(4)39(60)31(26)52)17-8-14-41-33(54)24-9-18-43(2)37(58)29(24)50/h9-12,18-21,28,50-53H,6-8,13-17,22H2,1-5H3,(H,41,54)(H,42,55). The summed E-state index contributed by atoms with van der Waals surface area (Å²) >= 11 is 0. The van der Waals surface area contributed by atoms with Gasteiger partial charge in [-0.1, -0.05) is 0 Å². The minimum Gasteiger partial charge on any atom is -0.502 e. The molecule has 1 unspecified atom stereocenters. The molecule has 4 rings (SSSR count). The number of carbonyl (C=O) groups excluding carboxylic acids is 5. The number of unbranched alkanes of at least 4 members (excludes halogenated alkanes) is 1. The van der Waals surface area contributed by atoms with Gasteiger partial charge in [0.2, 0.25) is 0 Å². The van der Waals surface area contributed by atoms with E-state index in [1.54, 1.807) is 0 Å². The van der Waals surface area contributed by atoms with Crippen LogP contribution >= 0.6 is 0 Å². The lowest BCUT2D eigenvalue weighted by Gasteiger charge is -2.27. The highest BCUT2D eigenvalue weighted by Crippen LogP contribution is 2.18. The fourth-order valence-electron chi connectivity index (χ4n) is 6.21. The molecule has 4 aromatic heterocycles. The summed E-state index contributed by atoms with van der Waals surface area (Å²) in [5, 5.41) is 46.6. The number of rotatable bonds is 18. The Balaban J connectivity index is 1.52. The minimum atomic E-state index is -1.21. The summed E-state index contributed by atoms with van der Waals surface area (Å²) in [4.78, 5) is 118. The molecular formula is C40H48N8O13. The van der Waals surface area contributed by atoms with Gasteiger partial charge in [-0.3, -0.25) is 43.2 Å². The highest BCUT2D eigenvalue weighted by atomic mass is 16.3. The minimum absolute atomic E-state index is 0.00225. The van der Waals surface area contributed by atoms with Crippen LogP contribution in [0.5, 0.6) is 23.0 Å². The lowest BCUT2D eigenvalue weighted by Crippen LogP contribution is -2.44. The molecule has 21 heteroatoms. The zero-order chi connectivity index (χ0) is 45.3. The first kappa shape index (κ1) is 46.2. The Kier molecular flexibility index (Phi) is 15.2. The smallest absolute Gasteiger partial charge is 0.293 e. The predicted octanol–water partition coefficient (Wildman–Crippen LogP) is -0.734. The van der Waals surface area contributed by atoms with Gasteiger partial charge in [-0.05, 0) is 56.9 Å². The van der Waals surface area contributed by atoms with E-state index < -0.39 is 80.7 Å². The summed E-state index contributed by atoms with van der Waals surface area (Å²) in [7, 11) is 5.54. The van der Waals surface area contributed by atoms with Crippen LogP contribution in [0.15, 0.2) is 68.2 Å². The van der Waals surface area contributed by atoms with Gasteiger partial charge >= 0.3 is 0 Å². The number of aromatic nitrogens is 4. The highest BCUT2D eigenvalue weighted by Gasteiger charge is 2.27. The number of aromatic hydroxyl groups is 4. The summed E-state index contributed by atoms with van der Waals surface area (Å²) in [6, 6.07) is 3.77. The molecule has 326 valence electrons. The largest absolute Gasteiger partial charge is 0.502 e. The van der Waals surface area contributed by atoms with E-state index in [2.05, 4.69) is 10.6 Å². The summed E-state index contributed by atoms with van der Waals surface area (Å²) < 4.78 is 4.30. The van der Waals surface area contributed by atoms with E-state index in [1.165, 1.54) is 94.0 Å². The van der Waals surface area contributed by atoms with Crippen molar-refractivity contribution in [1.29, 1.82) is 0 Å². The van der Waals surface area contributed by atoms with Crippen LogP contribution in [0.3, 0.4) is 0 Å². The molecule has 4 aromatic rings. The number of Topliss-reactive ketones (excluding diaryl/α,β-unsaturated/α-hetero) is 1. The number of ketones is 1. The zero-order valence-corrected chi connectivity index (χ0v) is 34.2. The monoisotopic (exact) mass is 848 g/mol. The first-order valence-corrected chi connectivity index (χ1v) is 19.0. The summed E-state index contributed by atoms with van der Waals surface area (Å²) in [5.41, 5.74) is -4.51. The molecule has 0 bridgehead atoms. The van der Waals surface area contributed by atoms with E-state index >= 15 is 0 Å². The fourth-order valence-corrected chi connectivity index (χ4v) is 6.21. The van der Waals surface area contributed by atoms with Crippen LogP contribution in [0.2, 0.25) is 0 Å². The quantitative estimate of drug-likeness (QED) is 0.0675. The van der Waals surface area contributed by atoms with Crippen LogP contribution < -0.4 is 32.9 Å². The molecule has 0 fully saturated rings. The predicted molar refractivity (Wildman–Crippen MR) is 218 cm³/mol. The molecule has 1 atom stereocenters. The van der Waals surface area contributed by atoms with Crippen molar-refractivity contribution in [2.24, 2.45) is 28.2 Å². The molecule has 0 radical (unpaired) electrons. The van der Waals surface area contributed by atoms with Crippen LogP contribution in [-0.2, 0) is 33.0 Å². The number of pyridine rings is 4. The van der Waals surface area contributed by atoms with Gasteiger partial charge < -0.3 is 59.1 Å². The van der Waals surface area contributed by atoms with Crippen molar-refractivity contribution >= 4 is 29.4 Å². The number of aryl methyl sites for hydroxylation is 4. The molecule has 0 aromatic carbocycles. The molecule has 0 aliphatic heterocycles. The maximum absolute atomic E-state index is 13.9. The maximum atomic E-state index is 13.9. The van der Waals surface area contributed by atoms with Gasteiger partial charge in [-0.25, -0.2) is 0 Å². The molecule has 0 saturated heterocycles. The van der Waals surface area contributed by atoms with E-state index in [0.29, 0.717) is 0 Å². The van der Waals surface area contributed by atoms with Gasteiger partial charge in [-0.2, -0.15) is 0 Å². The Labute approximate surface area is 347 Å². The van der Waals surface area contributed by atoms with Crippen molar-refractivity contribution in [1.82, 2.24) is 38.7 Å². The second-order valence-electron chi connectivity index (χ2n) is 14.3. The second-order valence-corrected chi connectivity index (χ2v) is 14.3. The SMILES string of the molecule is CC(=O)C(CCN(CCCCN(CCCNC(=O)c1ccn(C)c(=O)c1O)C(=O)c1ccn(C)c(=O)c1O)C(=O)c1ccn(C)c(=O)c1O)NC(=O)c1ccn(C)c(=O)c1O. The normalized spacial score (nSPS) is 11.4. The Morgan fingerprint density at radius 1 is 0.541 bits per heavy atom. The van der Waals surface area contributed by atoms with Crippen molar-refractivity contribution < 1.29 is 44.4 Å². The fraction of sp³-hybridized carbons (Fsp3) is 0.375. The lowest BCUT2D eigenvalue weighted by molar-refractivity contribution is -0.119. The van der Waals surface area contributed by atoms with Crippen LogP contribution in [0.1, 0.15) is 74.0 Å². The molecule has 0 spiro atoms. The number of hydrogen-bond donors (Lipinski definition) is 6. The average molecular weight is 849 g/mol. The summed E-state index contributed by atoms with van der Waals surface area (Å²) in [5.74, 6) is -6.85. The Bertz CT molecular complexity index is 2590. The number of carbonyl (C=O) groups is 5. The molecule has 21 nitrogen and oxygen atoms in total. The molecular weight excluding hydrogens is 800 g/mol. The van der Waals surface area contributed by atoms with Crippen molar-refractivity contribution in [2.75, 3.05) is 32.7 Å². The molecule has 4 heterocycles. The molecule has 0 aliphatic rings. The van der Waals surface area contributed by atoms with E-state index in [9.17, 15) is 63.6 Å². The van der Waals surface area contributed by atoms with Crippen LogP contribution in [0.25, 0.3) is 0 Å². The maximum Gasteiger partial charge on any atom is 0.293 e. The number of hydrogen-bond acceptors (Lipinski definition) is 13. The molecule has 6 N–H and O–H groups in total. The third-order valence-electron chi connectivity index (χ3n) is 9.98. The number of nitrogens with one attached hydrogen (secondary N) is 2. The first-order valence-electron chi connectivity index (χ1n) is 19.0. The van der Waals surface area contributed by atoms with Crippen LogP contribution in [0, 0.1) is 0 Å². The van der Waals surface area contributed by atoms with Gasteiger partial charge in [0.05, 0.1) is 28.3 Å². The van der Waals surface area contributed by atoms with E-state index in [1.807, 2.05) is 0 Å². The topological polar surface area (TPSA) is 285 Å². The molecule has 0 saturated carbocycles. The highest BCUT2D eigenvalue weighted by molar-refractivity contribution is 6.00. The first-order chi connectivity index (χ1) is 28.8. The van der Waals surface area contributed by atoms with Gasteiger partial charge in [0.15, 0.2) is 28.8 Å². The van der Waals surface area contributed by atoms with Crippen molar-refractivity contribution in [3.05, 3.63) is 113 Å². The third kappa shape index (κ3) is 10.8. The van der Waals surface area contributed by atoms with Crippen LogP contribution in [0.4, 0.5) is 0 Å². The van der Waals surface area contributed by atoms with Crippen molar-refractivity contribution in [3.8, 4) is 23.0 Å². The van der Waals surface area contributed by atoms with E-state index in [4.69, 9.17) is 0 Å². The summed E-state index contributed by atoms with van der Waals surface area (Å²) in [6.07, 6.45) is 5.53. The Hall–Kier alpha value is -7.45. The number of amides is 4. The second kappa shape index (κ2) is 20.0. The zero-order valence-electron chi connectivity index (χ0n) is 34.2. The number of nitrogens with zero attached hydrogens (tertiary/aromatic N) is 6. The van der Waals surface area contributed by atoms with Crippen molar-refractivity contribution in [2.45, 2.75) is 38.6 Å². The van der Waals surface area contributed by atoms with Crippen molar-refractivity contribution in [3.63, 3.8) is 0 Å². The molecule has 4 amide bonds. The molecule has 0 aliphatic carbocycles. The average Bonchev–Trinajstić information content (AvgIpc) is 3.22. The van der Waals surface area contributed by atoms with Gasteiger partial charge in [0.25, 0.3) is 45.9 Å². The van der Waals surface area contributed by atoms with E-state index in [-0.39, 0.29) is 80.7 Å². The van der Waals surface area contributed by atoms with Gasteiger partial charge in [0.1, 0.15) is 0 Å². The third-order valence-corrected chi connectivity index (χ3v) is 9.98.